The van der Waals surface area contributed by atoms with Crippen molar-refractivity contribution in [2.24, 2.45) is 22.4 Å². The molecular weight excluding hydrogens is 638 g/mol. The molecule has 3 atom stereocenters. The smallest absolute Gasteiger partial charge is 0.305 e. The summed E-state index contributed by atoms with van der Waals surface area (Å²) in [5, 5.41) is 23.9. The van der Waals surface area contributed by atoms with Crippen molar-refractivity contribution in [3.05, 3.63) is 0 Å². The highest BCUT2D eigenvalue weighted by Crippen LogP contribution is 2.06. The number of carboxylic acid groups (broad SMARTS) is 1. The van der Waals surface area contributed by atoms with E-state index in [9.17, 15) is 33.6 Å². The van der Waals surface area contributed by atoms with Gasteiger partial charge in [0.25, 0.3) is 0 Å². The van der Waals surface area contributed by atoms with Gasteiger partial charge in [-0.05, 0) is 44.4 Å². The molecule has 1 rings (SSSR count). The van der Waals surface area contributed by atoms with Gasteiger partial charge in [0.05, 0.1) is 19.5 Å². The van der Waals surface area contributed by atoms with E-state index in [0.717, 1.165) is 6.42 Å². The molecule has 1 fully saturated rings. The fourth-order valence-electron chi connectivity index (χ4n) is 3.98. The van der Waals surface area contributed by atoms with Crippen molar-refractivity contribution in [3.63, 3.8) is 0 Å². The fourth-order valence-corrected chi connectivity index (χ4v) is 3.98. The van der Waals surface area contributed by atoms with Crippen LogP contribution in [0, 0.1) is 5.92 Å². The van der Waals surface area contributed by atoms with Gasteiger partial charge in [0.1, 0.15) is 18.1 Å². The van der Waals surface area contributed by atoms with Crippen molar-refractivity contribution in [2.75, 3.05) is 26.2 Å². The van der Waals surface area contributed by atoms with E-state index in [2.05, 4.69) is 36.9 Å². The third kappa shape index (κ3) is 26.2. The van der Waals surface area contributed by atoms with Crippen LogP contribution in [0.3, 0.4) is 0 Å². The van der Waals surface area contributed by atoms with Crippen LogP contribution < -0.4 is 43.4 Å². The summed E-state index contributed by atoms with van der Waals surface area (Å²) in [5.74, 6) is -5.14. The van der Waals surface area contributed by atoms with Gasteiger partial charge in [-0.15, -0.1) is 0 Å². The molecule has 1 aliphatic rings. The molecule has 2 unspecified atom stereocenters. The second kappa shape index (κ2) is 30.9. The average Bonchev–Trinajstić information content (AvgIpc) is 3.07. The molecule has 0 aliphatic carbocycles. The van der Waals surface area contributed by atoms with Gasteiger partial charge in [-0.1, -0.05) is 55.4 Å². The molecule has 1 heterocycles. The quantitative estimate of drug-likeness (QED) is 0.0665. The molecule has 1 saturated heterocycles. The van der Waals surface area contributed by atoms with Crippen LogP contribution in [-0.4, -0.2) is 96.8 Å². The Morgan fingerprint density at radius 2 is 1.27 bits per heavy atom. The minimum Gasteiger partial charge on any atom is -0.481 e. The van der Waals surface area contributed by atoms with E-state index >= 15 is 0 Å². The summed E-state index contributed by atoms with van der Waals surface area (Å²) in [5.41, 5.74) is 10.7. The largest absolute Gasteiger partial charge is 0.481 e. The molecule has 1 aliphatic heterocycles. The first-order valence-electron chi connectivity index (χ1n) is 17.3. The van der Waals surface area contributed by atoms with E-state index in [4.69, 9.17) is 16.6 Å². The van der Waals surface area contributed by atoms with Crippen LogP contribution in [0.1, 0.15) is 107 Å². The van der Waals surface area contributed by atoms with E-state index in [0.29, 0.717) is 31.7 Å². The van der Waals surface area contributed by atoms with Gasteiger partial charge in [-0.3, -0.25) is 38.6 Å². The minimum absolute atomic E-state index is 0.0758. The van der Waals surface area contributed by atoms with Crippen molar-refractivity contribution in [1.29, 1.82) is 0 Å². The Kier molecular flexibility index (Phi) is 30.8. The first-order chi connectivity index (χ1) is 23.3. The van der Waals surface area contributed by atoms with Crippen LogP contribution in [0.25, 0.3) is 0 Å². The molecule has 49 heavy (non-hydrogen) atoms. The third-order valence-corrected chi connectivity index (χ3v) is 6.30. The molecule has 0 aromatic heterocycles. The number of hydrogen-bond donors (Lipinski definition) is 9. The highest BCUT2D eigenvalue weighted by molar-refractivity contribution is 5.97. The molecule has 284 valence electrons. The van der Waals surface area contributed by atoms with Gasteiger partial charge in [-0.2, -0.15) is 0 Å². The van der Waals surface area contributed by atoms with Crippen LogP contribution in [-0.2, 0) is 33.6 Å². The maximum Gasteiger partial charge on any atom is 0.305 e. The van der Waals surface area contributed by atoms with E-state index in [1.807, 2.05) is 55.4 Å². The molecule has 6 amide bonds. The third-order valence-electron chi connectivity index (χ3n) is 6.30. The second-order valence-corrected chi connectivity index (χ2v) is 10.6. The zero-order valence-corrected chi connectivity index (χ0v) is 30.7. The van der Waals surface area contributed by atoms with Gasteiger partial charge in [-0.25, -0.2) is 0 Å². The number of hydrogen-bond acceptors (Lipinski definition) is 8. The number of rotatable bonds is 14. The number of carbonyl (C=O) groups is 7. The maximum absolute atomic E-state index is 13.2. The van der Waals surface area contributed by atoms with Crippen molar-refractivity contribution < 1.29 is 38.7 Å². The lowest BCUT2D eigenvalue weighted by atomic mass is 10.1. The monoisotopic (exact) mass is 701 g/mol. The van der Waals surface area contributed by atoms with E-state index in [1.165, 1.54) is 0 Å². The molecule has 0 spiro atoms. The number of guanidine groups is 1. The van der Waals surface area contributed by atoms with Crippen molar-refractivity contribution in [2.45, 2.75) is 125 Å². The lowest BCUT2D eigenvalue weighted by Gasteiger charge is -2.23. The summed E-state index contributed by atoms with van der Waals surface area (Å²) < 4.78 is 0. The Bertz CT molecular complexity index is 1030. The molecule has 17 heteroatoms. The van der Waals surface area contributed by atoms with Gasteiger partial charge >= 0.3 is 5.97 Å². The Balaban J connectivity index is -0.00000333. The fraction of sp³-hybridized carbons (Fsp3) is 0.750. The number of unbranched alkanes of at least 4 members (excludes halogenated alkanes) is 1. The van der Waals surface area contributed by atoms with Crippen LogP contribution >= 0.6 is 0 Å². The molecule has 0 bridgehead atoms. The number of nitrogens with zero attached hydrogens (tertiary/aromatic N) is 1. The zero-order valence-electron chi connectivity index (χ0n) is 30.7. The highest BCUT2D eigenvalue weighted by atomic mass is 16.4. The topological polar surface area (TPSA) is 276 Å². The summed E-state index contributed by atoms with van der Waals surface area (Å²) >= 11 is 0. The Labute approximate surface area is 291 Å². The Morgan fingerprint density at radius 3 is 1.78 bits per heavy atom. The molecule has 0 radical (unpaired) electrons. The van der Waals surface area contributed by atoms with E-state index in [1.54, 1.807) is 0 Å². The molecule has 0 saturated carbocycles. The first-order valence-corrected chi connectivity index (χ1v) is 17.3. The van der Waals surface area contributed by atoms with Crippen molar-refractivity contribution in [1.82, 2.24) is 31.9 Å². The predicted molar refractivity (Wildman–Crippen MR) is 189 cm³/mol. The van der Waals surface area contributed by atoms with Crippen LogP contribution in [0.2, 0.25) is 0 Å². The van der Waals surface area contributed by atoms with Crippen LogP contribution in [0.15, 0.2) is 4.99 Å². The number of amides is 6. The normalized spacial score (nSPS) is 18.2. The van der Waals surface area contributed by atoms with Gasteiger partial charge in [0, 0.05) is 19.5 Å². The summed E-state index contributed by atoms with van der Waals surface area (Å²) in [6, 6.07) is -3.75. The van der Waals surface area contributed by atoms with E-state index < -0.39 is 73.1 Å². The van der Waals surface area contributed by atoms with E-state index in [-0.39, 0.29) is 37.7 Å². The second-order valence-electron chi connectivity index (χ2n) is 10.6. The summed E-state index contributed by atoms with van der Waals surface area (Å²) in [6.07, 6.45) is 1.86. The molecule has 0 aromatic rings. The molecule has 17 nitrogen and oxygen atoms in total. The predicted octanol–water partition coefficient (Wildman–Crippen LogP) is 0.0164. The van der Waals surface area contributed by atoms with Crippen LogP contribution in [0.4, 0.5) is 0 Å². The number of aliphatic carboxylic acids is 1. The standard InChI is InChI=1S/C26H45N9O8.3C2H6/c1-15(2)8-9-19(36)29-10-4-3-6-17-25(43)35-16(7-5-11-30-26(27)28)23(41)31-14-21(38)34-18(12-22(39)40)24(42)32-13-20(37)33-17;3*1-2/h15-18H,3-14H2,1-2H3,(H,29,36)(H,31,41)(H,32,42)(H,33,37)(H,34,38)(H,35,43)(H,39,40)(H4,27,28,30);3*1-2H3/t16?,17-,18?;;;/m0.../s1. The molecule has 11 N–H and O–H groups in total. The van der Waals surface area contributed by atoms with Gasteiger partial charge in [0.15, 0.2) is 5.96 Å². The van der Waals surface area contributed by atoms with Crippen LogP contribution in [0.5, 0.6) is 0 Å². The van der Waals surface area contributed by atoms with Gasteiger partial charge in [0.2, 0.25) is 35.4 Å². The lowest BCUT2D eigenvalue weighted by Crippen LogP contribution is -2.55. The molecular formula is C32H63N9O8. The number of carbonyl (C=O) groups excluding carboxylic acids is 6. The van der Waals surface area contributed by atoms with Crippen molar-refractivity contribution in [3.8, 4) is 0 Å². The highest BCUT2D eigenvalue weighted by Gasteiger charge is 2.29. The molecule has 0 aromatic carbocycles. The Hall–Kier alpha value is -4.44. The number of carboxylic acids is 1. The number of nitrogens with two attached hydrogens (primary N) is 2. The average molecular weight is 702 g/mol. The maximum atomic E-state index is 13.2. The zero-order chi connectivity index (χ0) is 38.4. The van der Waals surface area contributed by atoms with Crippen molar-refractivity contribution >= 4 is 47.4 Å². The summed E-state index contributed by atoms with van der Waals surface area (Å²) in [6.45, 7) is 15.4. The van der Waals surface area contributed by atoms with Gasteiger partial charge < -0.3 is 48.5 Å². The first kappa shape index (κ1) is 49.0. The number of nitrogens with one attached hydrogen (secondary N) is 6. The lowest BCUT2D eigenvalue weighted by molar-refractivity contribution is -0.140. The Morgan fingerprint density at radius 1 is 0.776 bits per heavy atom. The SMILES string of the molecule is CC.CC.CC.CC(C)CCC(=O)NCCCC[C@@H]1NC(=O)CNC(=O)C(CC(=O)O)NC(=O)CNC(=O)C(CCCN=C(N)N)NC1=O. The number of aliphatic imine (C=N–C) groups is 1. The minimum atomic E-state index is -1.51. The summed E-state index contributed by atoms with van der Waals surface area (Å²) in [7, 11) is 0. The summed E-state index contributed by atoms with van der Waals surface area (Å²) in [4.78, 5) is 90.7.